The Morgan fingerprint density at radius 1 is 0.380 bits per heavy atom. The van der Waals surface area contributed by atoms with Gasteiger partial charge in [-0.05, 0) is 147 Å². The van der Waals surface area contributed by atoms with Crippen LogP contribution in [-0.4, -0.2) is 49.4 Å². The number of hydrogen-bond donors (Lipinski definition) is 1. The van der Waals surface area contributed by atoms with E-state index in [0.29, 0.717) is 24.8 Å². The highest BCUT2D eigenvalue weighted by Crippen LogP contribution is 2.57. The van der Waals surface area contributed by atoms with E-state index in [1.807, 2.05) is 66.7 Å². The van der Waals surface area contributed by atoms with Gasteiger partial charge in [-0.1, -0.05) is 358 Å². The molecule has 1 N–H and O–H groups in total. The molecular weight excluding hydrogens is 1410 g/mol. The van der Waals surface area contributed by atoms with Crippen LogP contribution in [0.4, 0.5) is 0 Å². The first-order valence-electron chi connectivity index (χ1n) is 39.7. The van der Waals surface area contributed by atoms with Gasteiger partial charge < -0.3 is 24.1 Å². The summed E-state index contributed by atoms with van der Waals surface area (Å²) >= 11 is 19.3. The second kappa shape index (κ2) is 47.5. The maximum Gasteiger partial charge on any atom is 0.194 e. The van der Waals surface area contributed by atoms with E-state index in [1.54, 1.807) is 0 Å². The molecule has 10 heteroatoms. The maximum absolute atomic E-state index is 12.3. The van der Waals surface area contributed by atoms with Gasteiger partial charge in [-0.25, -0.2) is 0 Å². The Hall–Kier alpha value is -3.99. The number of unbranched alkanes of at least 4 members (excludes halogenated alkanes) is 30. The fourth-order valence-corrected chi connectivity index (χ4v) is 15.8. The van der Waals surface area contributed by atoms with Crippen molar-refractivity contribution >= 4 is 59.8 Å². The van der Waals surface area contributed by atoms with Crippen LogP contribution < -0.4 is 9.47 Å². The molecule has 6 aromatic carbocycles. The third kappa shape index (κ3) is 26.9. The Morgan fingerprint density at radius 3 is 1.05 bits per heavy atom. The number of fused-ring (bicyclic) bond motifs is 6. The average Bonchev–Trinajstić information content (AvgIpc) is 1.57. The van der Waals surface area contributed by atoms with Crippen LogP contribution >= 0.6 is 55.1 Å². The number of alkyl halides is 1. The van der Waals surface area contributed by atoms with Gasteiger partial charge in [0.15, 0.2) is 4.69 Å². The van der Waals surface area contributed by atoms with Crippen LogP contribution in [-0.2, 0) is 24.2 Å². The molecule has 6 nitrogen and oxygen atoms in total. The molecule has 0 spiro atoms. The zero-order chi connectivity index (χ0) is 71.7. The predicted molar refractivity (Wildman–Crippen MR) is 435 cm³/mol. The van der Waals surface area contributed by atoms with E-state index < -0.39 is 9.93 Å². The van der Waals surface area contributed by atoms with Gasteiger partial charge in [0.1, 0.15) is 21.4 Å². The van der Waals surface area contributed by atoms with Crippen LogP contribution in [0.3, 0.4) is 0 Å². The molecule has 0 heterocycles. The molecule has 100 heavy (non-hydrogen) atoms. The van der Waals surface area contributed by atoms with E-state index in [0.717, 1.165) is 108 Å². The lowest BCUT2D eigenvalue weighted by molar-refractivity contribution is -0.108. The molecule has 0 fully saturated rings. The predicted octanol–water partition coefficient (Wildman–Crippen LogP) is 28.5. The van der Waals surface area contributed by atoms with Crippen molar-refractivity contribution in [1.29, 1.82) is 0 Å². The summed E-state index contributed by atoms with van der Waals surface area (Å²) in [5.41, 5.74) is 9.45. The number of benzene rings is 6. The Labute approximate surface area is 634 Å². The molecule has 0 aliphatic heterocycles. The Morgan fingerprint density at radius 2 is 0.680 bits per heavy atom. The molecule has 8 rings (SSSR count). The van der Waals surface area contributed by atoms with Crippen molar-refractivity contribution in [3.63, 3.8) is 0 Å². The van der Waals surface area contributed by atoms with Crippen molar-refractivity contribution in [2.75, 3.05) is 39.6 Å². The van der Waals surface area contributed by atoms with E-state index >= 15 is 0 Å². The number of carbonyl (C=O) groups excluding carboxylic acids is 1. The third-order valence-corrected chi connectivity index (χ3v) is 23.4. The Kier molecular flexibility index (Phi) is 40.3. The molecule has 0 radical (unpaired) electrons. The molecule has 2 unspecified atom stereocenters. The number of halogens is 4. The zero-order valence-corrected chi connectivity index (χ0v) is 67.6. The van der Waals surface area contributed by atoms with E-state index in [1.165, 1.54) is 222 Å². The first kappa shape index (κ1) is 84.9. The van der Waals surface area contributed by atoms with Crippen molar-refractivity contribution < 1.29 is 28.8 Å². The van der Waals surface area contributed by atoms with Gasteiger partial charge in [-0.3, -0.25) is 4.79 Å². The highest BCUT2D eigenvalue weighted by Gasteiger charge is 2.45. The summed E-state index contributed by atoms with van der Waals surface area (Å²) in [5.74, 6) is 1.68. The molecule has 0 aromatic heterocycles. The van der Waals surface area contributed by atoms with Crippen molar-refractivity contribution in [1.82, 2.24) is 0 Å². The van der Waals surface area contributed by atoms with E-state index in [9.17, 15) is 9.90 Å². The summed E-state index contributed by atoms with van der Waals surface area (Å²) in [6.07, 6.45) is 48.4. The second-order valence-electron chi connectivity index (χ2n) is 29.1. The van der Waals surface area contributed by atoms with Gasteiger partial charge in [0.05, 0.1) is 26.4 Å². The lowest BCUT2D eigenvalue weighted by Crippen LogP contribution is -2.33. The second-order valence-corrected chi connectivity index (χ2v) is 32.2. The number of hydrogen-bond acceptors (Lipinski definition) is 6. The first-order valence-corrected chi connectivity index (χ1v) is 42.0. The van der Waals surface area contributed by atoms with E-state index in [2.05, 4.69) is 140 Å². The Bertz CT molecular complexity index is 2990. The fraction of sp³-hybridized carbons (Fsp3) is 0.589. The minimum atomic E-state index is -1.27. The highest BCUT2D eigenvalue weighted by molar-refractivity contribution is 9.18. The van der Waals surface area contributed by atoms with Crippen molar-refractivity contribution in [2.45, 2.75) is 290 Å². The monoisotopic (exact) mass is 1530 g/mol. The topological polar surface area (TPSA) is 74.2 Å². The summed E-state index contributed by atoms with van der Waals surface area (Å²) in [5, 5.41) is 13.7. The number of carbonyl (C=O) groups is 1. The maximum atomic E-state index is 12.3. The van der Waals surface area contributed by atoms with Gasteiger partial charge >= 0.3 is 0 Å². The van der Waals surface area contributed by atoms with Crippen LogP contribution in [0.1, 0.15) is 313 Å². The normalized spacial score (nSPS) is 15.1. The first-order chi connectivity index (χ1) is 48.7. The molecule has 0 saturated carbocycles. The molecule has 0 saturated heterocycles. The number of ether oxygens (including phenoxy) is 4. The van der Waals surface area contributed by atoms with Crippen LogP contribution in [0.2, 0.25) is 10.0 Å². The number of aliphatic hydroxyl groups is 1. The lowest BCUT2D eigenvalue weighted by atomic mass is 9.84. The molecule has 2 aliphatic carbocycles. The minimum absolute atomic E-state index is 0.0126. The Balaban J connectivity index is 0.000000299. The van der Waals surface area contributed by atoms with Crippen LogP contribution in [0, 0.1) is 10.8 Å². The van der Waals surface area contributed by atoms with Gasteiger partial charge in [-0.2, -0.15) is 0 Å². The number of rotatable bonds is 50. The summed E-state index contributed by atoms with van der Waals surface area (Å²) in [6.45, 7) is 19.4. The van der Waals surface area contributed by atoms with Gasteiger partial charge in [-0.15, -0.1) is 0 Å². The SMILES string of the molecule is CC(=O)Br.CCCCCCCCCCCCCCCCCCOCC(CC)(CC)COc1ccc2c(c1)C(Br)(c1ccc(Cl)cc1)c1ccccc1-2.CCCCCCCCCCCCCCCCCCOCC(CC)(CC)COc1ccc2c(c1)C(O)(c1ccc(Cl)cc1)c1ccccc1-2. The molecule has 0 bridgehead atoms. The fourth-order valence-electron chi connectivity index (χ4n) is 14.6. The molecule has 6 aromatic rings. The van der Waals surface area contributed by atoms with Crippen molar-refractivity contribution in [3.8, 4) is 33.8 Å². The summed E-state index contributed by atoms with van der Waals surface area (Å²) < 4.78 is 25.2. The van der Waals surface area contributed by atoms with Gasteiger partial charge in [0, 0.05) is 52.1 Å². The third-order valence-electron chi connectivity index (χ3n) is 21.6. The standard InChI is InChI=1S/C44H62BrClO2.C44H63ClO3.C2H3BrO/c1-4-7-8-9-10-11-12-13-14-15-16-17-18-19-20-23-32-47-34-43(5-2,6-3)35-48-38-30-31-40-39-24-21-22-25-41(39)44(45,42(40)33-38)36-26-28-37(46)29-27-36;1-4-7-8-9-10-11-12-13-14-15-16-17-18-19-20-23-32-47-34-43(5-2,6-3)35-48-38-30-31-40-39-24-21-22-25-41(39)44(46,42(40)33-38)36-26-28-37(45)29-27-36;1-2(3)4/h21-22,24-31,33H,4-20,23,32,34-35H2,1-3H3;21-22,24-31,33,46H,4-20,23,32,34-35H2,1-3H3;1H3. The highest BCUT2D eigenvalue weighted by atomic mass is 79.9. The van der Waals surface area contributed by atoms with Crippen LogP contribution in [0.15, 0.2) is 133 Å². The van der Waals surface area contributed by atoms with E-state index in [-0.39, 0.29) is 15.5 Å². The zero-order valence-electron chi connectivity index (χ0n) is 62.9. The largest absolute Gasteiger partial charge is 0.493 e. The summed E-state index contributed by atoms with van der Waals surface area (Å²) in [6, 6.07) is 45.2. The quantitative estimate of drug-likeness (QED) is 0.0233. The minimum Gasteiger partial charge on any atom is -0.493 e. The lowest BCUT2D eigenvalue weighted by Gasteiger charge is -2.31. The van der Waals surface area contributed by atoms with Crippen molar-refractivity contribution in [2.24, 2.45) is 10.8 Å². The smallest absolute Gasteiger partial charge is 0.194 e. The molecular formula is C90H128Br2Cl2O6. The van der Waals surface area contributed by atoms with Crippen molar-refractivity contribution in [3.05, 3.63) is 177 Å². The molecule has 0 amide bonds. The molecule has 2 atom stereocenters. The van der Waals surface area contributed by atoms with Crippen LogP contribution in [0.5, 0.6) is 11.5 Å². The molecule has 2 aliphatic rings. The molecule has 552 valence electrons. The summed E-state index contributed by atoms with van der Waals surface area (Å²) in [4.78, 5) is 9.36. The van der Waals surface area contributed by atoms with Gasteiger partial charge in [0.2, 0.25) is 0 Å². The van der Waals surface area contributed by atoms with E-state index in [4.69, 9.17) is 42.1 Å². The van der Waals surface area contributed by atoms with Gasteiger partial charge in [0.25, 0.3) is 0 Å². The van der Waals surface area contributed by atoms with Crippen LogP contribution in [0.25, 0.3) is 22.3 Å². The average molecular weight is 1540 g/mol. The summed E-state index contributed by atoms with van der Waals surface area (Å²) in [7, 11) is 0.